The molecule has 1 amide bonds. The van der Waals surface area contributed by atoms with Crippen molar-refractivity contribution in [3.63, 3.8) is 0 Å². The van der Waals surface area contributed by atoms with Gasteiger partial charge in [0.15, 0.2) is 0 Å². The van der Waals surface area contributed by atoms with Crippen LogP contribution in [0.2, 0.25) is 0 Å². The van der Waals surface area contributed by atoms with Crippen LogP contribution in [0.15, 0.2) is 30.3 Å². The maximum absolute atomic E-state index is 12.1. The molecule has 5 nitrogen and oxygen atoms in total. The van der Waals surface area contributed by atoms with E-state index in [9.17, 15) is 4.79 Å². The van der Waals surface area contributed by atoms with Crippen molar-refractivity contribution in [3.8, 4) is 5.75 Å². The van der Waals surface area contributed by atoms with Gasteiger partial charge in [-0.25, -0.2) is 0 Å². The Balaban J connectivity index is 1.94. The highest BCUT2D eigenvalue weighted by Gasteiger charge is 2.10. The first-order valence-electron chi connectivity index (χ1n) is 6.54. The van der Waals surface area contributed by atoms with Gasteiger partial charge in [-0.1, -0.05) is 12.1 Å². The second kappa shape index (κ2) is 6.23. The van der Waals surface area contributed by atoms with Crippen molar-refractivity contribution in [3.05, 3.63) is 47.3 Å². The highest BCUT2D eigenvalue weighted by atomic mass is 16.5. The summed E-state index contributed by atoms with van der Waals surface area (Å²) in [5, 5.41) is 7.23. The van der Waals surface area contributed by atoms with E-state index in [4.69, 9.17) is 4.74 Å². The average molecular weight is 273 g/mol. The lowest BCUT2D eigenvalue weighted by Gasteiger charge is -2.09. The molecule has 2 rings (SSSR count). The van der Waals surface area contributed by atoms with E-state index in [0.29, 0.717) is 24.4 Å². The molecule has 0 saturated heterocycles. The Morgan fingerprint density at radius 3 is 2.75 bits per heavy atom. The number of para-hydroxylation sites is 1. The van der Waals surface area contributed by atoms with Crippen molar-refractivity contribution in [1.82, 2.24) is 15.1 Å². The molecule has 0 saturated carbocycles. The smallest absolute Gasteiger partial charge is 0.255 e. The third-order valence-electron chi connectivity index (χ3n) is 3.06. The fourth-order valence-electron chi connectivity index (χ4n) is 2.10. The predicted octanol–water partition coefficient (Wildman–Crippen LogP) is 1.94. The molecule has 106 valence electrons. The van der Waals surface area contributed by atoms with Gasteiger partial charge in [-0.3, -0.25) is 9.48 Å². The number of methoxy groups -OCH3 is 1. The van der Waals surface area contributed by atoms with Gasteiger partial charge in [-0.15, -0.1) is 0 Å². The zero-order valence-electron chi connectivity index (χ0n) is 12.0. The van der Waals surface area contributed by atoms with E-state index >= 15 is 0 Å². The minimum Gasteiger partial charge on any atom is -0.496 e. The van der Waals surface area contributed by atoms with Gasteiger partial charge < -0.3 is 10.1 Å². The monoisotopic (exact) mass is 273 g/mol. The van der Waals surface area contributed by atoms with Crippen LogP contribution in [0.1, 0.15) is 21.7 Å². The standard InChI is InChI=1S/C15H19N3O2/c1-11-10-12(2)18(17-11)9-8-16-15(19)13-6-4-5-7-14(13)20-3/h4-7,10H,8-9H2,1-3H3,(H,16,19). The van der Waals surface area contributed by atoms with Crippen LogP contribution in [-0.2, 0) is 6.54 Å². The normalized spacial score (nSPS) is 10.3. The van der Waals surface area contributed by atoms with E-state index in [1.54, 1.807) is 19.2 Å². The summed E-state index contributed by atoms with van der Waals surface area (Å²) in [7, 11) is 1.56. The van der Waals surface area contributed by atoms with Crippen molar-refractivity contribution in [2.24, 2.45) is 0 Å². The number of hydrogen-bond acceptors (Lipinski definition) is 3. The van der Waals surface area contributed by atoms with Crippen LogP contribution in [0.3, 0.4) is 0 Å². The van der Waals surface area contributed by atoms with Gasteiger partial charge in [-0.2, -0.15) is 5.10 Å². The molecule has 0 bridgehead atoms. The molecule has 0 aliphatic heterocycles. The molecule has 1 aromatic heterocycles. The van der Waals surface area contributed by atoms with Crippen molar-refractivity contribution in [2.75, 3.05) is 13.7 Å². The van der Waals surface area contributed by atoms with Gasteiger partial charge >= 0.3 is 0 Å². The minimum atomic E-state index is -0.135. The van der Waals surface area contributed by atoms with Crippen LogP contribution in [0.25, 0.3) is 0 Å². The third kappa shape index (κ3) is 3.17. The van der Waals surface area contributed by atoms with Crippen LogP contribution in [0, 0.1) is 13.8 Å². The Bertz CT molecular complexity index is 605. The number of ether oxygens (including phenoxy) is 1. The van der Waals surface area contributed by atoms with E-state index in [0.717, 1.165) is 11.4 Å². The van der Waals surface area contributed by atoms with Crippen LogP contribution < -0.4 is 10.1 Å². The molecule has 2 aromatic rings. The molecule has 5 heteroatoms. The Morgan fingerprint density at radius 1 is 1.35 bits per heavy atom. The summed E-state index contributed by atoms with van der Waals surface area (Å²) in [6.07, 6.45) is 0. The molecule has 1 N–H and O–H groups in total. The number of carbonyl (C=O) groups excluding carboxylic acids is 1. The number of aryl methyl sites for hydroxylation is 2. The quantitative estimate of drug-likeness (QED) is 0.905. The van der Waals surface area contributed by atoms with Gasteiger partial charge in [0.05, 0.1) is 24.9 Å². The molecule has 1 aromatic carbocycles. The number of amides is 1. The first-order valence-corrected chi connectivity index (χ1v) is 6.54. The molecule has 0 spiro atoms. The Kier molecular flexibility index (Phi) is 4.40. The van der Waals surface area contributed by atoms with Crippen molar-refractivity contribution in [1.29, 1.82) is 0 Å². The van der Waals surface area contributed by atoms with Crippen molar-refractivity contribution >= 4 is 5.91 Å². The average Bonchev–Trinajstić information content (AvgIpc) is 2.77. The first-order chi connectivity index (χ1) is 9.61. The molecule has 0 aliphatic carbocycles. The molecule has 20 heavy (non-hydrogen) atoms. The number of nitrogens with zero attached hydrogens (tertiary/aromatic N) is 2. The number of benzene rings is 1. The van der Waals surface area contributed by atoms with Crippen molar-refractivity contribution in [2.45, 2.75) is 20.4 Å². The zero-order valence-corrected chi connectivity index (χ0v) is 12.0. The molecular formula is C15H19N3O2. The molecule has 0 unspecified atom stereocenters. The highest BCUT2D eigenvalue weighted by Crippen LogP contribution is 2.16. The third-order valence-corrected chi connectivity index (χ3v) is 3.06. The fraction of sp³-hybridized carbons (Fsp3) is 0.333. The van der Waals surface area contributed by atoms with Gasteiger partial charge in [-0.05, 0) is 32.0 Å². The van der Waals surface area contributed by atoms with Crippen molar-refractivity contribution < 1.29 is 9.53 Å². The predicted molar refractivity (Wildman–Crippen MR) is 77.0 cm³/mol. The Hall–Kier alpha value is -2.30. The first kappa shape index (κ1) is 14.1. The molecule has 0 radical (unpaired) electrons. The number of rotatable bonds is 5. The lowest BCUT2D eigenvalue weighted by atomic mass is 10.2. The van der Waals surface area contributed by atoms with Crippen LogP contribution >= 0.6 is 0 Å². The molecular weight excluding hydrogens is 254 g/mol. The summed E-state index contributed by atoms with van der Waals surface area (Å²) in [5.41, 5.74) is 2.62. The zero-order chi connectivity index (χ0) is 14.5. The molecule has 0 aliphatic rings. The largest absolute Gasteiger partial charge is 0.496 e. The van der Waals surface area contributed by atoms with E-state index in [1.807, 2.05) is 36.7 Å². The Morgan fingerprint density at radius 2 is 2.10 bits per heavy atom. The van der Waals surface area contributed by atoms with Gasteiger partial charge in [0.2, 0.25) is 0 Å². The second-order valence-electron chi connectivity index (χ2n) is 4.61. The number of aromatic nitrogens is 2. The number of nitrogens with one attached hydrogen (secondary N) is 1. The van der Waals surface area contributed by atoms with Crippen LogP contribution in [0.5, 0.6) is 5.75 Å². The van der Waals surface area contributed by atoms with Gasteiger partial charge in [0, 0.05) is 12.2 Å². The van der Waals surface area contributed by atoms with Gasteiger partial charge in [0.25, 0.3) is 5.91 Å². The molecule has 0 atom stereocenters. The summed E-state index contributed by atoms with van der Waals surface area (Å²) in [6.45, 7) is 5.14. The lowest BCUT2D eigenvalue weighted by molar-refractivity contribution is 0.0949. The van der Waals surface area contributed by atoms with Crippen LogP contribution in [0.4, 0.5) is 0 Å². The van der Waals surface area contributed by atoms with E-state index < -0.39 is 0 Å². The second-order valence-corrected chi connectivity index (χ2v) is 4.61. The highest BCUT2D eigenvalue weighted by molar-refractivity contribution is 5.96. The number of hydrogen-bond donors (Lipinski definition) is 1. The van der Waals surface area contributed by atoms with Crippen LogP contribution in [-0.4, -0.2) is 29.3 Å². The summed E-state index contributed by atoms with van der Waals surface area (Å²) < 4.78 is 7.06. The van der Waals surface area contributed by atoms with E-state index in [-0.39, 0.29) is 5.91 Å². The van der Waals surface area contributed by atoms with Gasteiger partial charge in [0.1, 0.15) is 5.75 Å². The maximum Gasteiger partial charge on any atom is 0.255 e. The summed E-state index contributed by atoms with van der Waals surface area (Å²) in [6, 6.07) is 9.19. The maximum atomic E-state index is 12.1. The fourth-order valence-corrected chi connectivity index (χ4v) is 2.10. The Labute approximate surface area is 118 Å². The minimum absolute atomic E-state index is 0.135. The summed E-state index contributed by atoms with van der Waals surface area (Å²) >= 11 is 0. The summed E-state index contributed by atoms with van der Waals surface area (Å²) in [4.78, 5) is 12.1. The number of carbonyl (C=O) groups is 1. The topological polar surface area (TPSA) is 56.1 Å². The molecule has 1 heterocycles. The lowest BCUT2D eigenvalue weighted by Crippen LogP contribution is -2.28. The van der Waals surface area contributed by atoms with E-state index in [2.05, 4.69) is 10.4 Å². The summed E-state index contributed by atoms with van der Waals surface area (Å²) in [5.74, 6) is 0.445. The molecule has 0 fully saturated rings. The SMILES string of the molecule is COc1ccccc1C(=O)NCCn1nc(C)cc1C. The van der Waals surface area contributed by atoms with E-state index in [1.165, 1.54) is 0 Å².